The van der Waals surface area contributed by atoms with E-state index in [4.69, 9.17) is 0 Å². The van der Waals surface area contributed by atoms with E-state index in [1.165, 1.54) is 22.5 Å². The number of hydrogen-bond acceptors (Lipinski definition) is 2. The standard InChI is InChI=1S/C23H30N2O/c1-4-19-16(2)24(3)21-14-18-11-13-25(15-20(18)23(26)22(19)21)12-10-17-8-6-5-7-9-17/h5-9,18,20H,4,10-15H2,1-3H3. The van der Waals surface area contributed by atoms with Crippen LogP contribution in [0.2, 0.25) is 0 Å². The first kappa shape index (κ1) is 17.5. The molecule has 0 saturated carbocycles. The van der Waals surface area contributed by atoms with E-state index in [1.54, 1.807) is 0 Å². The first-order valence-electron chi connectivity index (χ1n) is 10.1. The maximum absolute atomic E-state index is 13.4. The van der Waals surface area contributed by atoms with Gasteiger partial charge >= 0.3 is 0 Å². The lowest BCUT2D eigenvalue weighted by Gasteiger charge is -2.40. The highest BCUT2D eigenvalue weighted by Crippen LogP contribution is 2.39. The summed E-state index contributed by atoms with van der Waals surface area (Å²) in [5, 5.41) is 0. The van der Waals surface area contributed by atoms with Crippen LogP contribution in [0.5, 0.6) is 0 Å². The average Bonchev–Trinajstić information content (AvgIpc) is 2.92. The molecule has 2 atom stereocenters. The van der Waals surface area contributed by atoms with Crippen LogP contribution >= 0.6 is 0 Å². The number of benzene rings is 1. The van der Waals surface area contributed by atoms with Gasteiger partial charge in [0.05, 0.1) is 0 Å². The van der Waals surface area contributed by atoms with Crippen LogP contribution < -0.4 is 0 Å². The summed E-state index contributed by atoms with van der Waals surface area (Å²) in [4.78, 5) is 15.9. The van der Waals surface area contributed by atoms with Gasteiger partial charge in [0.2, 0.25) is 0 Å². The van der Waals surface area contributed by atoms with Crippen molar-refractivity contribution in [2.75, 3.05) is 19.6 Å². The molecule has 2 heterocycles. The predicted molar refractivity (Wildman–Crippen MR) is 106 cm³/mol. The third kappa shape index (κ3) is 2.92. The molecule has 2 aliphatic rings. The van der Waals surface area contributed by atoms with Crippen molar-refractivity contribution >= 4 is 5.78 Å². The van der Waals surface area contributed by atoms with Gasteiger partial charge < -0.3 is 9.47 Å². The monoisotopic (exact) mass is 350 g/mol. The fourth-order valence-electron chi connectivity index (χ4n) is 5.07. The van der Waals surface area contributed by atoms with E-state index in [-0.39, 0.29) is 5.92 Å². The molecule has 0 radical (unpaired) electrons. The normalized spacial score (nSPS) is 23.0. The Bertz CT molecular complexity index is 805. The number of hydrogen-bond donors (Lipinski definition) is 0. The molecule has 0 spiro atoms. The zero-order valence-corrected chi connectivity index (χ0v) is 16.3. The Morgan fingerprint density at radius 3 is 2.69 bits per heavy atom. The number of piperidine rings is 1. The predicted octanol–water partition coefficient (Wildman–Crippen LogP) is 3.82. The smallest absolute Gasteiger partial charge is 0.169 e. The molecule has 0 amide bonds. The number of aromatic nitrogens is 1. The maximum atomic E-state index is 13.4. The van der Waals surface area contributed by atoms with Gasteiger partial charge in [-0.2, -0.15) is 0 Å². The number of likely N-dealkylation sites (tertiary alicyclic amines) is 1. The number of carbonyl (C=O) groups is 1. The molecular formula is C23H30N2O. The lowest BCUT2D eigenvalue weighted by Crippen LogP contribution is -2.47. The van der Waals surface area contributed by atoms with E-state index >= 15 is 0 Å². The van der Waals surface area contributed by atoms with Crippen LogP contribution in [-0.4, -0.2) is 34.9 Å². The van der Waals surface area contributed by atoms with Gasteiger partial charge in [-0.25, -0.2) is 0 Å². The molecule has 3 heteroatoms. The summed E-state index contributed by atoms with van der Waals surface area (Å²) in [6, 6.07) is 10.7. The van der Waals surface area contributed by atoms with Gasteiger partial charge in [0.15, 0.2) is 5.78 Å². The largest absolute Gasteiger partial charge is 0.351 e. The Morgan fingerprint density at radius 1 is 1.19 bits per heavy atom. The average molecular weight is 351 g/mol. The molecule has 0 bridgehead atoms. The van der Waals surface area contributed by atoms with Crippen LogP contribution in [0.3, 0.4) is 0 Å². The molecule has 1 aromatic carbocycles. The van der Waals surface area contributed by atoms with Crippen molar-refractivity contribution < 1.29 is 4.79 Å². The quantitative estimate of drug-likeness (QED) is 0.838. The SMILES string of the molecule is CCc1c2c(n(C)c1C)CC1CCN(CCc3ccccc3)CC1C2=O. The van der Waals surface area contributed by atoms with Crippen LogP contribution in [0.15, 0.2) is 30.3 Å². The summed E-state index contributed by atoms with van der Waals surface area (Å²) >= 11 is 0. The Morgan fingerprint density at radius 2 is 1.96 bits per heavy atom. The van der Waals surface area contributed by atoms with E-state index in [0.717, 1.165) is 50.9 Å². The van der Waals surface area contributed by atoms with E-state index in [2.05, 4.69) is 60.7 Å². The molecule has 0 N–H and O–H groups in total. The van der Waals surface area contributed by atoms with Gasteiger partial charge in [-0.15, -0.1) is 0 Å². The maximum Gasteiger partial charge on any atom is 0.169 e. The molecule has 1 aromatic heterocycles. The summed E-state index contributed by atoms with van der Waals surface area (Å²) < 4.78 is 2.28. The number of Topliss-reactive ketones (excluding diaryl/α,β-unsaturated/α-hetero) is 1. The number of carbonyl (C=O) groups excluding carboxylic acids is 1. The van der Waals surface area contributed by atoms with Crippen LogP contribution in [0.25, 0.3) is 0 Å². The number of rotatable bonds is 4. The first-order chi connectivity index (χ1) is 12.6. The summed E-state index contributed by atoms with van der Waals surface area (Å²) in [5.74, 6) is 1.14. The van der Waals surface area contributed by atoms with Gasteiger partial charge in [-0.1, -0.05) is 37.3 Å². The zero-order chi connectivity index (χ0) is 18.3. The highest BCUT2D eigenvalue weighted by Gasteiger charge is 2.41. The summed E-state index contributed by atoms with van der Waals surface area (Å²) in [6.45, 7) is 7.46. The van der Waals surface area contributed by atoms with E-state index in [9.17, 15) is 4.79 Å². The summed E-state index contributed by atoms with van der Waals surface area (Å²) in [5.41, 5.74) is 6.32. The number of nitrogens with zero attached hydrogens (tertiary/aromatic N) is 2. The number of fused-ring (bicyclic) bond motifs is 2. The first-order valence-corrected chi connectivity index (χ1v) is 10.1. The lowest BCUT2D eigenvalue weighted by atomic mass is 9.72. The minimum absolute atomic E-state index is 0.194. The second-order valence-corrected chi connectivity index (χ2v) is 8.06. The van der Waals surface area contributed by atoms with Gasteiger partial charge in [0.25, 0.3) is 0 Å². The second kappa shape index (κ2) is 7.03. The van der Waals surface area contributed by atoms with Crippen LogP contribution in [-0.2, 0) is 26.3 Å². The van der Waals surface area contributed by atoms with Gasteiger partial charge in [0.1, 0.15) is 0 Å². The summed E-state index contributed by atoms with van der Waals surface area (Å²) in [6.07, 6.45) is 4.25. The van der Waals surface area contributed by atoms with Gasteiger partial charge in [-0.05, 0) is 56.2 Å². The van der Waals surface area contributed by atoms with E-state index < -0.39 is 0 Å². The fraction of sp³-hybridized carbons (Fsp3) is 0.522. The molecule has 1 aliphatic carbocycles. The fourth-order valence-corrected chi connectivity index (χ4v) is 5.07. The van der Waals surface area contributed by atoms with E-state index in [1.807, 2.05) is 0 Å². The van der Waals surface area contributed by atoms with Crippen molar-refractivity contribution in [3.63, 3.8) is 0 Å². The third-order valence-electron chi connectivity index (χ3n) is 6.73. The molecule has 2 unspecified atom stereocenters. The topological polar surface area (TPSA) is 25.2 Å². The Kier molecular flexibility index (Phi) is 4.74. The van der Waals surface area contributed by atoms with E-state index in [0.29, 0.717) is 11.7 Å². The molecule has 3 nitrogen and oxygen atoms in total. The molecule has 4 rings (SSSR count). The van der Waals surface area contributed by atoms with Crippen molar-refractivity contribution in [1.29, 1.82) is 0 Å². The molecule has 1 saturated heterocycles. The lowest BCUT2D eigenvalue weighted by molar-refractivity contribution is 0.0660. The molecule has 138 valence electrons. The Labute approximate surface area is 157 Å². The highest BCUT2D eigenvalue weighted by atomic mass is 16.1. The van der Waals surface area contributed by atoms with Crippen molar-refractivity contribution in [2.24, 2.45) is 18.9 Å². The summed E-state index contributed by atoms with van der Waals surface area (Å²) in [7, 11) is 2.13. The number of ketones is 1. The highest BCUT2D eigenvalue weighted by molar-refractivity contribution is 6.02. The Hall–Kier alpha value is -1.87. The zero-order valence-electron chi connectivity index (χ0n) is 16.3. The van der Waals surface area contributed by atoms with Crippen LogP contribution in [0, 0.1) is 18.8 Å². The molecular weight excluding hydrogens is 320 g/mol. The minimum Gasteiger partial charge on any atom is -0.351 e. The van der Waals surface area contributed by atoms with Crippen molar-refractivity contribution in [3.8, 4) is 0 Å². The van der Waals surface area contributed by atoms with Crippen molar-refractivity contribution in [2.45, 2.75) is 39.5 Å². The minimum atomic E-state index is 0.194. The molecule has 26 heavy (non-hydrogen) atoms. The Balaban J connectivity index is 1.51. The van der Waals surface area contributed by atoms with Crippen molar-refractivity contribution in [3.05, 3.63) is 58.4 Å². The van der Waals surface area contributed by atoms with Crippen LogP contribution in [0.4, 0.5) is 0 Å². The van der Waals surface area contributed by atoms with Gasteiger partial charge in [0, 0.05) is 43.0 Å². The molecule has 1 fully saturated rings. The second-order valence-electron chi connectivity index (χ2n) is 8.06. The molecule has 1 aliphatic heterocycles. The van der Waals surface area contributed by atoms with Gasteiger partial charge in [-0.3, -0.25) is 4.79 Å². The third-order valence-corrected chi connectivity index (χ3v) is 6.73. The van der Waals surface area contributed by atoms with Crippen LogP contribution in [0.1, 0.15) is 46.2 Å². The molecule has 2 aromatic rings. The van der Waals surface area contributed by atoms with Crippen molar-refractivity contribution in [1.82, 2.24) is 9.47 Å².